The molecule has 0 aliphatic heterocycles. The van der Waals surface area contributed by atoms with E-state index in [1.807, 2.05) is 21.1 Å². The first-order valence-electron chi connectivity index (χ1n) is 23.5. The van der Waals surface area contributed by atoms with Crippen molar-refractivity contribution in [2.75, 3.05) is 47.5 Å². The van der Waals surface area contributed by atoms with Gasteiger partial charge in [0.25, 0.3) is 0 Å². The molecule has 0 radical (unpaired) electrons. The van der Waals surface area contributed by atoms with Crippen LogP contribution in [0.3, 0.4) is 0 Å². The van der Waals surface area contributed by atoms with Crippen molar-refractivity contribution < 1.29 is 42.1 Å². The molecule has 59 heavy (non-hydrogen) atoms. The van der Waals surface area contributed by atoms with Crippen LogP contribution in [0.4, 0.5) is 0 Å². The van der Waals surface area contributed by atoms with Gasteiger partial charge in [-0.15, -0.1) is 0 Å². The zero-order valence-corrected chi connectivity index (χ0v) is 39.4. The van der Waals surface area contributed by atoms with Crippen LogP contribution >= 0.6 is 7.82 Å². The summed E-state index contributed by atoms with van der Waals surface area (Å²) < 4.78 is 34.3. The van der Waals surface area contributed by atoms with Crippen molar-refractivity contribution in [1.29, 1.82) is 0 Å². The number of hydrogen-bond acceptors (Lipinski definition) is 7. The van der Waals surface area contributed by atoms with E-state index in [-0.39, 0.29) is 32.0 Å². The van der Waals surface area contributed by atoms with Gasteiger partial charge in [0.2, 0.25) is 0 Å². The number of quaternary nitrogens is 1. The molecular weight excluding hydrogens is 762 g/mol. The van der Waals surface area contributed by atoms with Crippen LogP contribution in [-0.4, -0.2) is 74.9 Å². The Labute approximate surface area is 362 Å². The summed E-state index contributed by atoms with van der Waals surface area (Å²) in [6.07, 6.45) is 49.8. The highest BCUT2D eigenvalue weighted by molar-refractivity contribution is 7.47. The predicted octanol–water partition coefficient (Wildman–Crippen LogP) is 13.6. The number of phosphoric ester groups is 1. The summed E-state index contributed by atoms with van der Waals surface area (Å²) >= 11 is 0. The maximum absolute atomic E-state index is 12.7. The van der Waals surface area contributed by atoms with Crippen molar-refractivity contribution in [3.05, 3.63) is 60.8 Å². The van der Waals surface area contributed by atoms with Gasteiger partial charge < -0.3 is 18.9 Å². The van der Waals surface area contributed by atoms with Gasteiger partial charge in [-0.25, -0.2) is 4.57 Å². The molecule has 0 heterocycles. The molecule has 9 nitrogen and oxygen atoms in total. The van der Waals surface area contributed by atoms with Crippen molar-refractivity contribution >= 4 is 19.8 Å². The fourth-order valence-electron chi connectivity index (χ4n) is 6.16. The molecule has 10 heteroatoms. The molecule has 0 aromatic carbocycles. The molecule has 0 fully saturated rings. The van der Waals surface area contributed by atoms with Crippen molar-refractivity contribution in [2.45, 2.75) is 193 Å². The molecule has 2 unspecified atom stereocenters. The third-order valence-corrected chi connectivity index (χ3v) is 10.8. The molecule has 0 aromatic rings. The fraction of sp³-hybridized carbons (Fsp3) is 0.755. The predicted molar refractivity (Wildman–Crippen MR) is 247 cm³/mol. The van der Waals surface area contributed by atoms with E-state index < -0.39 is 26.5 Å². The van der Waals surface area contributed by atoms with E-state index >= 15 is 0 Å². The summed E-state index contributed by atoms with van der Waals surface area (Å²) in [6, 6.07) is 0. The second-order valence-corrected chi connectivity index (χ2v) is 18.2. The van der Waals surface area contributed by atoms with Crippen LogP contribution in [0, 0.1) is 0 Å². The number of ether oxygens (including phenoxy) is 2. The summed E-state index contributed by atoms with van der Waals surface area (Å²) in [6.45, 7) is 4.29. The summed E-state index contributed by atoms with van der Waals surface area (Å²) in [5, 5.41) is 0. The van der Waals surface area contributed by atoms with Crippen molar-refractivity contribution in [2.24, 2.45) is 0 Å². The van der Waals surface area contributed by atoms with E-state index in [2.05, 4.69) is 74.6 Å². The van der Waals surface area contributed by atoms with E-state index in [0.29, 0.717) is 17.4 Å². The number of esters is 2. The van der Waals surface area contributed by atoms with Crippen LogP contribution in [0.15, 0.2) is 60.8 Å². The van der Waals surface area contributed by atoms with E-state index in [9.17, 15) is 19.0 Å². The lowest BCUT2D eigenvalue weighted by atomic mass is 10.0. The lowest BCUT2D eigenvalue weighted by Gasteiger charge is -2.24. The maximum Gasteiger partial charge on any atom is 0.472 e. The lowest BCUT2D eigenvalue weighted by Crippen LogP contribution is -2.37. The lowest BCUT2D eigenvalue weighted by molar-refractivity contribution is -0.870. The highest BCUT2D eigenvalue weighted by atomic mass is 31.2. The van der Waals surface area contributed by atoms with Gasteiger partial charge in [-0.3, -0.25) is 18.6 Å². The largest absolute Gasteiger partial charge is 0.472 e. The zero-order chi connectivity index (χ0) is 43.6. The van der Waals surface area contributed by atoms with Gasteiger partial charge in [-0.1, -0.05) is 177 Å². The van der Waals surface area contributed by atoms with Gasteiger partial charge in [0.15, 0.2) is 6.10 Å². The first-order chi connectivity index (χ1) is 28.5. The summed E-state index contributed by atoms with van der Waals surface area (Å²) in [5.41, 5.74) is 0. The monoisotopic (exact) mass is 851 g/mol. The molecule has 0 rings (SSSR count). The summed E-state index contributed by atoms with van der Waals surface area (Å²) in [7, 11) is 1.46. The number of carbonyl (C=O) groups excluding carboxylic acids is 2. The first kappa shape index (κ1) is 56.7. The highest BCUT2D eigenvalue weighted by Gasteiger charge is 2.27. The number of nitrogens with zero attached hydrogens (tertiary/aromatic N) is 1. The normalized spacial score (nSPS) is 14.1. The topological polar surface area (TPSA) is 108 Å². The Balaban J connectivity index is 4.36. The van der Waals surface area contributed by atoms with Gasteiger partial charge >= 0.3 is 19.8 Å². The van der Waals surface area contributed by atoms with Crippen molar-refractivity contribution in [1.82, 2.24) is 0 Å². The number of phosphoric acid groups is 1. The Morgan fingerprint density at radius 3 is 1.44 bits per heavy atom. The smallest absolute Gasteiger partial charge is 0.462 e. The summed E-state index contributed by atoms with van der Waals surface area (Å²) in [5.74, 6) is -0.819. The highest BCUT2D eigenvalue weighted by Crippen LogP contribution is 2.43. The van der Waals surface area contributed by atoms with Crippen LogP contribution < -0.4 is 0 Å². The van der Waals surface area contributed by atoms with E-state index in [1.54, 1.807) is 0 Å². The third-order valence-electron chi connectivity index (χ3n) is 9.81. The Morgan fingerprint density at radius 2 is 0.966 bits per heavy atom. The average molecular weight is 851 g/mol. The Kier molecular flexibility index (Phi) is 39.5. The minimum absolute atomic E-state index is 0.0260. The van der Waals surface area contributed by atoms with E-state index in [4.69, 9.17) is 18.5 Å². The molecule has 0 amide bonds. The molecule has 0 saturated heterocycles. The van der Waals surface area contributed by atoms with Gasteiger partial charge in [0, 0.05) is 12.8 Å². The number of unbranched alkanes of at least 4 members (excludes halogenated alkanes) is 18. The van der Waals surface area contributed by atoms with Crippen LogP contribution in [0.2, 0.25) is 0 Å². The SMILES string of the molecule is CC/C=C\C/C=C\C/C=C\C/C=C\C/C=C\CCCCCCCC(=O)OC(COC(=O)CCCCCCCCCCCCCCCC)COP(=O)(O)OCC[N+](C)(C)C. The van der Waals surface area contributed by atoms with E-state index in [0.717, 1.165) is 83.5 Å². The molecule has 0 bridgehead atoms. The maximum atomic E-state index is 12.7. The number of hydrogen-bond donors (Lipinski definition) is 1. The number of likely N-dealkylation sites (N-methyl/N-ethyl adjacent to an activating group) is 1. The molecule has 0 aliphatic carbocycles. The Morgan fingerprint density at radius 1 is 0.542 bits per heavy atom. The molecule has 0 aromatic heterocycles. The molecular formula is C49H89NO8P+. The van der Waals surface area contributed by atoms with Crippen molar-refractivity contribution in [3.8, 4) is 0 Å². The molecule has 0 spiro atoms. The minimum Gasteiger partial charge on any atom is -0.462 e. The van der Waals surface area contributed by atoms with Gasteiger partial charge in [0.1, 0.15) is 19.8 Å². The number of rotatable bonds is 42. The molecule has 342 valence electrons. The quantitative estimate of drug-likeness (QED) is 0.0213. The molecule has 2 atom stereocenters. The van der Waals surface area contributed by atoms with Gasteiger partial charge in [-0.05, 0) is 57.8 Å². The minimum atomic E-state index is -4.38. The number of allylic oxidation sites excluding steroid dienone is 10. The van der Waals surface area contributed by atoms with Crippen LogP contribution in [0.25, 0.3) is 0 Å². The van der Waals surface area contributed by atoms with Crippen LogP contribution in [0.1, 0.15) is 187 Å². The molecule has 0 saturated carbocycles. The zero-order valence-electron chi connectivity index (χ0n) is 38.5. The molecule has 1 N–H and O–H groups in total. The van der Waals surface area contributed by atoms with Crippen LogP contribution in [-0.2, 0) is 32.7 Å². The van der Waals surface area contributed by atoms with Crippen LogP contribution in [0.5, 0.6) is 0 Å². The fourth-order valence-corrected chi connectivity index (χ4v) is 6.90. The molecule has 0 aliphatic rings. The second-order valence-electron chi connectivity index (χ2n) is 16.8. The second kappa shape index (κ2) is 41.1. The summed E-state index contributed by atoms with van der Waals surface area (Å²) in [4.78, 5) is 35.4. The van der Waals surface area contributed by atoms with Crippen molar-refractivity contribution in [3.63, 3.8) is 0 Å². The average Bonchev–Trinajstić information content (AvgIpc) is 3.19. The standard InChI is InChI=1S/C49H88NO8P/c1-6-8-10-12-14-16-18-20-22-23-24-25-26-27-28-30-32-34-36-38-40-42-49(52)58-47(46-57-59(53,54)56-44-43-50(3,4)5)45-55-48(51)41-39-37-35-33-31-29-21-19-17-15-13-11-9-7-2/h8,10,14,16,20,22,24-25,27-28,47H,6-7,9,11-13,15,17-19,21,23,26,29-46H2,1-5H3/p+1/b10-8-,16-14-,22-20-,25-24-,28-27-. The van der Waals surface area contributed by atoms with Gasteiger partial charge in [-0.2, -0.15) is 0 Å². The van der Waals surface area contributed by atoms with E-state index in [1.165, 1.54) is 70.6 Å². The number of carbonyl (C=O) groups is 2. The van der Waals surface area contributed by atoms with Gasteiger partial charge in [0.05, 0.1) is 27.7 Å². The third kappa shape index (κ3) is 45.1. The first-order valence-corrected chi connectivity index (χ1v) is 25.0. The Bertz CT molecular complexity index is 1190. The Hall–Kier alpha value is -2.29.